The minimum atomic E-state index is 0.205. The lowest BCUT2D eigenvalue weighted by Crippen LogP contribution is -2.47. The number of hydrogen-bond donors (Lipinski definition) is 1. The minimum Gasteiger partial charge on any atom is -0.381 e. The van der Waals surface area contributed by atoms with Crippen LogP contribution in [0.25, 0.3) is 0 Å². The standard InChI is InChI=1S/C15H32N2O3/c1-3-18-11-7-17(8-12-19-4-2)14-15(13-16)5-9-20-10-6-15/h3-14,16H2,1-2H3. The molecule has 1 aliphatic heterocycles. The summed E-state index contributed by atoms with van der Waals surface area (Å²) in [7, 11) is 0. The maximum absolute atomic E-state index is 6.05. The molecule has 2 N–H and O–H groups in total. The van der Waals surface area contributed by atoms with Crippen LogP contribution >= 0.6 is 0 Å². The molecule has 120 valence electrons. The van der Waals surface area contributed by atoms with E-state index in [0.29, 0.717) is 0 Å². The topological polar surface area (TPSA) is 57.0 Å². The second-order valence-electron chi connectivity index (χ2n) is 5.49. The van der Waals surface area contributed by atoms with Crippen molar-refractivity contribution in [3.63, 3.8) is 0 Å². The van der Waals surface area contributed by atoms with Crippen LogP contribution in [-0.4, -0.2) is 70.7 Å². The summed E-state index contributed by atoms with van der Waals surface area (Å²) in [6.07, 6.45) is 2.12. The first-order valence-corrected chi connectivity index (χ1v) is 7.92. The number of ether oxygens (including phenoxy) is 3. The van der Waals surface area contributed by atoms with Gasteiger partial charge in [-0.1, -0.05) is 0 Å². The highest BCUT2D eigenvalue weighted by molar-refractivity contribution is 4.86. The van der Waals surface area contributed by atoms with Gasteiger partial charge in [-0.2, -0.15) is 0 Å². The molecule has 0 saturated carbocycles. The zero-order valence-corrected chi connectivity index (χ0v) is 13.2. The van der Waals surface area contributed by atoms with Gasteiger partial charge in [0.1, 0.15) is 0 Å². The Balaban J connectivity index is 2.46. The van der Waals surface area contributed by atoms with Crippen LogP contribution < -0.4 is 5.73 Å². The molecule has 1 rings (SSSR count). The molecule has 0 spiro atoms. The Hall–Kier alpha value is -0.200. The molecule has 0 aromatic carbocycles. The Kier molecular flexibility index (Phi) is 9.39. The molecule has 0 bridgehead atoms. The van der Waals surface area contributed by atoms with Gasteiger partial charge in [-0.25, -0.2) is 0 Å². The molecule has 1 saturated heterocycles. The van der Waals surface area contributed by atoms with Gasteiger partial charge in [-0.05, 0) is 38.6 Å². The van der Waals surface area contributed by atoms with Crippen LogP contribution in [0.1, 0.15) is 26.7 Å². The molecular formula is C15H32N2O3. The van der Waals surface area contributed by atoms with E-state index < -0.39 is 0 Å². The van der Waals surface area contributed by atoms with Crippen molar-refractivity contribution in [2.24, 2.45) is 11.1 Å². The summed E-state index contributed by atoms with van der Waals surface area (Å²) >= 11 is 0. The summed E-state index contributed by atoms with van der Waals surface area (Å²) in [5.41, 5.74) is 6.26. The van der Waals surface area contributed by atoms with Crippen molar-refractivity contribution in [3.05, 3.63) is 0 Å². The van der Waals surface area contributed by atoms with Gasteiger partial charge < -0.3 is 19.9 Å². The quantitative estimate of drug-likeness (QED) is 0.577. The molecule has 0 aromatic rings. The molecule has 0 unspecified atom stereocenters. The molecule has 1 heterocycles. The fraction of sp³-hybridized carbons (Fsp3) is 1.00. The summed E-state index contributed by atoms with van der Waals surface area (Å²) in [5, 5.41) is 0. The molecule has 20 heavy (non-hydrogen) atoms. The van der Waals surface area contributed by atoms with Gasteiger partial charge >= 0.3 is 0 Å². The van der Waals surface area contributed by atoms with Crippen molar-refractivity contribution < 1.29 is 14.2 Å². The summed E-state index contributed by atoms with van der Waals surface area (Å²) in [4.78, 5) is 2.43. The van der Waals surface area contributed by atoms with Gasteiger partial charge in [-0.15, -0.1) is 0 Å². The lowest BCUT2D eigenvalue weighted by Gasteiger charge is -2.40. The van der Waals surface area contributed by atoms with Crippen LogP contribution in [0.5, 0.6) is 0 Å². The van der Waals surface area contributed by atoms with E-state index in [0.717, 1.165) is 78.7 Å². The van der Waals surface area contributed by atoms with E-state index in [1.807, 2.05) is 13.8 Å². The van der Waals surface area contributed by atoms with E-state index in [2.05, 4.69) is 4.90 Å². The Morgan fingerprint density at radius 1 is 1.05 bits per heavy atom. The molecule has 5 heteroatoms. The van der Waals surface area contributed by atoms with Gasteiger partial charge in [0.25, 0.3) is 0 Å². The van der Waals surface area contributed by atoms with Crippen LogP contribution in [0, 0.1) is 5.41 Å². The largest absolute Gasteiger partial charge is 0.381 e. The smallest absolute Gasteiger partial charge is 0.0593 e. The van der Waals surface area contributed by atoms with Crippen LogP contribution in [0.3, 0.4) is 0 Å². The summed E-state index contributed by atoms with van der Waals surface area (Å²) in [6.45, 7) is 12.5. The first kappa shape index (κ1) is 17.9. The Morgan fingerprint density at radius 2 is 1.60 bits per heavy atom. The predicted molar refractivity (Wildman–Crippen MR) is 81.0 cm³/mol. The lowest BCUT2D eigenvalue weighted by atomic mass is 9.79. The molecule has 0 radical (unpaired) electrons. The van der Waals surface area contributed by atoms with Crippen molar-refractivity contribution in [1.29, 1.82) is 0 Å². The SMILES string of the molecule is CCOCCN(CCOCC)CC1(CN)CCOCC1. The van der Waals surface area contributed by atoms with Crippen molar-refractivity contribution >= 4 is 0 Å². The molecule has 1 aliphatic rings. The molecule has 0 atom stereocenters. The van der Waals surface area contributed by atoms with Gasteiger partial charge in [0.15, 0.2) is 0 Å². The maximum Gasteiger partial charge on any atom is 0.0593 e. The van der Waals surface area contributed by atoms with Crippen molar-refractivity contribution in [2.45, 2.75) is 26.7 Å². The third kappa shape index (κ3) is 6.50. The zero-order valence-electron chi connectivity index (χ0n) is 13.2. The number of nitrogens with two attached hydrogens (primary N) is 1. The van der Waals surface area contributed by atoms with Gasteiger partial charge in [0.05, 0.1) is 13.2 Å². The molecule has 0 amide bonds. The van der Waals surface area contributed by atoms with Crippen LogP contribution in [0.2, 0.25) is 0 Å². The fourth-order valence-corrected chi connectivity index (χ4v) is 2.65. The van der Waals surface area contributed by atoms with E-state index in [1.165, 1.54) is 0 Å². The average Bonchev–Trinajstić information content (AvgIpc) is 2.48. The normalized spacial score (nSPS) is 18.6. The summed E-state index contributed by atoms with van der Waals surface area (Å²) < 4.78 is 16.5. The minimum absolute atomic E-state index is 0.205. The molecule has 0 aromatic heterocycles. The molecule has 5 nitrogen and oxygen atoms in total. The fourth-order valence-electron chi connectivity index (χ4n) is 2.65. The number of rotatable bonds is 11. The zero-order chi connectivity index (χ0) is 14.7. The van der Waals surface area contributed by atoms with Crippen LogP contribution in [0.4, 0.5) is 0 Å². The first-order valence-electron chi connectivity index (χ1n) is 7.92. The van der Waals surface area contributed by atoms with E-state index in [9.17, 15) is 0 Å². The predicted octanol–water partition coefficient (Wildman–Crippen LogP) is 1.12. The van der Waals surface area contributed by atoms with Crippen molar-refractivity contribution in [1.82, 2.24) is 4.90 Å². The molecular weight excluding hydrogens is 256 g/mol. The van der Waals surface area contributed by atoms with E-state index >= 15 is 0 Å². The van der Waals surface area contributed by atoms with E-state index in [4.69, 9.17) is 19.9 Å². The Morgan fingerprint density at radius 3 is 2.05 bits per heavy atom. The summed E-state index contributed by atoms with van der Waals surface area (Å²) in [5.74, 6) is 0. The summed E-state index contributed by atoms with van der Waals surface area (Å²) in [6, 6.07) is 0. The van der Waals surface area contributed by atoms with Gasteiger partial charge in [-0.3, -0.25) is 4.90 Å². The van der Waals surface area contributed by atoms with Crippen LogP contribution in [0.15, 0.2) is 0 Å². The van der Waals surface area contributed by atoms with Crippen LogP contribution in [-0.2, 0) is 14.2 Å². The Bertz CT molecular complexity index is 223. The van der Waals surface area contributed by atoms with E-state index in [1.54, 1.807) is 0 Å². The highest BCUT2D eigenvalue weighted by Crippen LogP contribution is 2.30. The second kappa shape index (κ2) is 10.5. The van der Waals surface area contributed by atoms with Gasteiger partial charge in [0.2, 0.25) is 0 Å². The van der Waals surface area contributed by atoms with Gasteiger partial charge in [0, 0.05) is 46.1 Å². The van der Waals surface area contributed by atoms with E-state index in [-0.39, 0.29) is 5.41 Å². The lowest BCUT2D eigenvalue weighted by molar-refractivity contribution is -0.00990. The van der Waals surface area contributed by atoms with Crippen molar-refractivity contribution in [3.8, 4) is 0 Å². The Labute approximate surface area is 123 Å². The average molecular weight is 288 g/mol. The molecule has 1 fully saturated rings. The third-order valence-electron chi connectivity index (χ3n) is 4.06. The third-order valence-corrected chi connectivity index (χ3v) is 4.06. The highest BCUT2D eigenvalue weighted by atomic mass is 16.5. The first-order chi connectivity index (χ1) is 9.76. The monoisotopic (exact) mass is 288 g/mol. The molecule has 0 aliphatic carbocycles. The maximum atomic E-state index is 6.05. The highest BCUT2D eigenvalue weighted by Gasteiger charge is 2.33. The number of hydrogen-bond acceptors (Lipinski definition) is 5. The number of nitrogens with zero attached hydrogens (tertiary/aromatic N) is 1. The second-order valence-corrected chi connectivity index (χ2v) is 5.49. The van der Waals surface area contributed by atoms with Crippen molar-refractivity contribution in [2.75, 3.05) is 65.8 Å².